The molecule has 0 bridgehead atoms. The second kappa shape index (κ2) is 26.7. The summed E-state index contributed by atoms with van der Waals surface area (Å²) in [6.07, 6.45) is 5.36. The molecular formula is C58H53N3O7S7. The number of aromatic nitrogens is 1. The number of hydrogen-bond donors (Lipinski definition) is 3. The van der Waals surface area contributed by atoms with Crippen LogP contribution in [0.15, 0.2) is 174 Å². The van der Waals surface area contributed by atoms with Crippen LogP contribution in [0, 0.1) is 0 Å². The predicted octanol–water partition coefficient (Wildman–Crippen LogP) is 18.9. The Kier molecular flexibility index (Phi) is 18.9. The van der Waals surface area contributed by atoms with Crippen molar-refractivity contribution >= 4 is 146 Å². The van der Waals surface area contributed by atoms with E-state index < -0.39 is 11.9 Å². The van der Waals surface area contributed by atoms with Crippen LogP contribution in [0.1, 0.15) is 51.4 Å². The zero-order valence-electron chi connectivity index (χ0n) is 40.6. The molecule has 8 aromatic heterocycles. The topological polar surface area (TPSA) is 125 Å². The number of phenols is 1. The summed E-state index contributed by atoms with van der Waals surface area (Å²) < 4.78 is 16.5. The Balaban J connectivity index is 0.000000138. The Labute approximate surface area is 463 Å². The van der Waals surface area contributed by atoms with E-state index in [1.54, 1.807) is 91.5 Å². The molecule has 0 atom stereocenters. The van der Waals surface area contributed by atoms with Gasteiger partial charge in [0.25, 0.3) is 0 Å². The van der Waals surface area contributed by atoms with E-state index in [1.807, 2.05) is 36.4 Å². The first kappa shape index (κ1) is 53.1. The van der Waals surface area contributed by atoms with Crippen LogP contribution in [0.25, 0.3) is 36.6 Å². The van der Waals surface area contributed by atoms with Crippen molar-refractivity contribution in [2.75, 3.05) is 23.0 Å². The highest BCUT2D eigenvalue weighted by atomic mass is 32.1. The summed E-state index contributed by atoms with van der Waals surface area (Å²) in [4.78, 5) is 26.7. The number of carboxylic acids is 2. The Morgan fingerprint density at radius 3 is 1.39 bits per heavy atom. The van der Waals surface area contributed by atoms with Gasteiger partial charge in [0.05, 0.1) is 56.4 Å². The summed E-state index contributed by atoms with van der Waals surface area (Å²) in [5, 5.41) is 50.2. The zero-order chi connectivity index (χ0) is 51.8. The van der Waals surface area contributed by atoms with E-state index in [1.165, 1.54) is 30.9 Å². The minimum atomic E-state index is -0.734. The van der Waals surface area contributed by atoms with Gasteiger partial charge in [0.1, 0.15) is 17.2 Å². The maximum absolute atomic E-state index is 10.5. The fourth-order valence-electron chi connectivity index (χ4n) is 8.23. The molecule has 10 nitrogen and oxygen atoms in total. The van der Waals surface area contributed by atoms with E-state index in [9.17, 15) is 14.7 Å². The average molecular weight is 1130 g/mol. The zero-order valence-corrected chi connectivity index (χ0v) is 46.3. The Morgan fingerprint density at radius 2 is 0.920 bits per heavy atom. The maximum atomic E-state index is 10.5. The van der Waals surface area contributed by atoms with Gasteiger partial charge in [-0.3, -0.25) is 9.59 Å². The van der Waals surface area contributed by atoms with Gasteiger partial charge in [-0.05, 0) is 191 Å². The quantitative estimate of drug-likeness (QED) is 0.0569. The third-order valence-corrected chi connectivity index (χ3v) is 17.5. The third-order valence-electron chi connectivity index (χ3n) is 11.8. The van der Waals surface area contributed by atoms with Gasteiger partial charge in [-0.15, -0.1) is 34.0 Å². The average Bonchev–Trinajstić information content (AvgIpc) is 4.27. The second-order valence-electron chi connectivity index (χ2n) is 17.0. The number of nitrogens with zero attached hydrogens (tertiary/aromatic N) is 3. The number of carbonyl (C=O) groups is 2. The van der Waals surface area contributed by atoms with Crippen LogP contribution in [0.3, 0.4) is 0 Å². The first-order valence-corrected chi connectivity index (χ1v) is 30.6. The van der Waals surface area contributed by atoms with Crippen LogP contribution in [0.4, 0.5) is 34.1 Å². The molecule has 0 amide bonds. The molecule has 0 aliphatic carbocycles. The molecule has 0 aliphatic heterocycles. The Hall–Kier alpha value is -6.70. The minimum absolute atomic E-state index is 0.232. The van der Waals surface area contributed by atoms with Gasteiger partial charge in [-0.25, -0.2) is 0 Å². The highest BCUT2D eigenvalue weighted by Gasteiger charge is 2.17. The molecule has 384 valence electrons. The monoisotopic (exact) mass is 1130 g/mol. The lowest BCUT2D eigenvalue weighted by Crippen LogP contribution is -2.07. The number of phenolic OH excluding ortho intramolecular Hbond substituents is 1. The van der Waals surface area contributed by atoms with Gasteiger partial charge in [0.15, 0.2) is 0 Å². The lowest BCUT2D eigenvalue weighted by molar-refractivity contribution is -0.138. The van der Waals surface area contributed by atoms with Crippen LogP contribution in [-0.2, 0) is 9.59 Å². The maximum Gasteiger partial charge on any atom is 0.303 e. The number of benzene rings is 3. The smallest absolute Gasteiger partial charge is 0.303 e. The van der Waals surface area contributed by atoms with E-state index >= 15 is 0 Å². The van der Waals surface area contributed by atoms with E-state index in [2.05, 4.69) is 140 Å². The van der Waals surface area contributed by atoms with Crippen LogP contribution < -0.4 is 19.3 Å². The van der Waals surface area contributed by atoms with Crippen molar-refractivity contribution in [2.45, 2.75) is 51.4 Å². The van der Waals surface area contributed by atoms with E-state index in [-0.39, 0.29) is 18.6 Å². The van der Waals surface area contributed by atoms with Gasteiger partial charge in [-0.1, -0.05) is 0 Å². The SMILES string of the molecule is O=C(O)CCCCCOc1ccc(-n2c3ccsc3c3sccc32)cc1.O=C(O)CCCCCOc1ccc(N(c2ccsc2)c2ccsc2)cc1.Oc1ccc(N(c2ccsc2)c2csc(-c3ccsc3)c2)cc1. The Bertz CT molecular complexity index is 3330. The normalized spacial score (nSPS) is 10.9. The molecule has 0 fully saturated rings. The van der Waals surface area contributed by atoms with Crippen molar-refractivity contribution in [2.24, 2.45) is 0 Å². The van der Waals surface area contributed by atoms with Crippen LogP contribution in [0.5, 0.6) is 17.2 Å². The van der Waals surface area contributed by atoms with Crippen molar-refractivity contribution in [3.05, 3.63) is 174 Å². The molecule has 0 unspecified atom stereocenters. The number of aromatic hydroxyl groups is 1. The summed E-state index contributed by atoms with van der Waals surface area (Å²) in [7, 11) is 0. The number of thiophene rings is 7. The molecule has 3 N–H and O–H groups in total. The lowest BCUT2D eigenvalue weighted by atomic mass is 10.2. The number of anilines is 6. The number of carboxylic acid groups (broad SMARTS) is 2. The van der Waals surface area contributed by atoms with Gasteiger partial charge >= 0.3 is 11.9 Å². The molecule has 0 saturated carbocycles. The first-order chi connectivity index (χ1) is 36.8. The van der Waals surface area contributed by atoms with Crippen molar-refractivity contribution in [1.82, 2.24) is 4.57 Å². The number of unbranched alkanes of at least 4 members (excludes halogenated alkanes) is 4. The van der Waals surface area contributed by atoms with Crippen molar-refractivity contribution in [1.29, 1.82) is 0 Å². The molecule has 75 heavy (non-hydrogen) atoms. The third kappa shape index (κ3) is 14.2. The lowest BCUT2D eigenvalue weighted by Gasteiger charge is -2.22. The molecular weight excluding hydrogens is 1080 g/mol. The number of fused-ring (bicyclic) bond motifs is 3. The first-order valence-electron chi connectivity index (χ1n) is 24.2. The highest BCUT2D eigenvalue weighted by Crippen LogP contribution is 2.42. The molecule has 0 spiro atoms. The fourth-order valence-corrected chi connectivity index (χ4v) is 13.6. The number of hydrogen-bond acceptors (Lipinski definition) is 14. The molecule has 17 heteroatoms. The van der Waals surface area contributed by atoms with Crippen LogP contribution in [0.2, 0.25) is 0 Å². The molecule has 0 saturated heterocycles. The summed E-state index contributed by atoms with van der Waals surface area (Å²) in [5.74, 6) is 0.501. The molecule has 3 aromatic carbocycles. The number of aliphatic carboxylic acids is 2. The summed E-state index contributed by atoms with van der Waals surface area (Å²) in [6, 6.07) is 38.7. The summed E-state index contributed by atoms with van der Waals surface area (Å²) in [6.45, 7) is 1.23. The highest BCUT2D eigenvalue weighted by molar-refractivity contribution is 7.25. The van der Waals surface area contributed by atoms with Gasteiger partial charge in [0, 0.05) is 61.9 Å². The molecule has 0 radical (unpaired) electrons. The van der Waals surface area contributed by atoms with Gasteiger partial charge in [-0.2, -0.15) is 45.3 Å². The summed E-state index contributed by atoms with van der Waals surface area (Å²) in [5.41, 5.74) is 11.6. The van der Waals surface area contributed by atoms with E-state index in [0.29, 0.717) is 26.1 Å². The largest absolute Gasteiger partial charge is 0.508 e. The van der Waals surface area contributed by atoms with Crippen LogP contribution >= 0.6 is 79.4 Å². The molecule has 8 heterocycles. The van der Waals surface area contributed by atoms with Crippen molar-refractivity contribution in [3.8, 4) is 33.4 Å². The molecule has 0 aliphatic rings. The minimum Gasteiger partial charge on any atom is -0.508 e. The molecule has 11 aromatic rings. The van der Waals surface area contributed by atoms with Gasteiger partial charge < -0.3 is 39.2 Å². The Morgan fingerprint density at radius 1 is 0.453 bits per heavy atom. The summed E-state index contributed by atoms with van der Waals surface area (Å²) >= 11 is 12.1. The van der Waals surface area contributed by atoms with E-state index in [0.717, 1.165) is 77.0 Å². The van der Waals surface area contributed by atoms with E-state index in [4.69, 9.17) is 19.7 Å². The fraction of sp³-hybridized carbons (Fsp3) is 0.172. The number of rotatable bonds is 22. The number of ether oxygens (including phenoxy) is 2. The van der Waals surface area contributed by atoms with Gasteiger partial charge in [0.2, 0.25) is 0 Å². The van der Waals surface area contributed by atoms with Crippen LogP contribution in [-0.4, -0.2) is 45.0 Å². The van der Waals surface area contributed by atoms with Crippen molar-refractivity contribution < 1.29 is 34.4 Å². The van der Waals surface area contributed by atoms with Crippen molar-refractivity contribution in [3.63, 3.8) is 0 Å². The predicted molar refractivity (Wildman–Crippen MR) is 318 cm³/mol. The standard InChI is InChI=1S/C20H19NO3S2.C20H21NO3S2.C18H13NOS3/c22-18(23)4-2-1-3-11-24-15-7-5-14(6-8-15)21-16-9-12-25-19(16)20-17(21)10-13-26-20;22-20(23)4-2-1-3-11-24-19-7-5-16(6-8-19)21(17-9-12-25-14-17)18-10-13-26-15-18;20-17-3-1-14(2-4-17)19(15-6-8-22-11-15)16-9-18(23-12-16)13-5-7-21-10-13/h5-10,12-13H,1-4,11H2,(H,22,23);5-10,12-15H,1-4,11H2,(H,22,23);1-12,20H. The second-order valence-corrected chi connectivity index (χ2v) is 22.9. The molecule has 11 rings (SSSR count).